The highest BCUT2D eigenvalue weighted by Crippen LogP contribution is 2.30. The maximum absolute atomic E-state index is 11.5. The highest BCUT2D eigenvalue weighted by Gasteiger charge is 2.23. The number of hydrogen-bond donors (Lipinski definition) is 1. The van der Waals surface area contributed by atoms with E-state index in [-0.39, 0.29) is 6.04 Å². The van der Waals surface area contributed by atoms with E-state index in [0.29, 0.717) is 28.8 Å². The molecule has 2 aromatic rings. The molecule has 0 saturated carbocycles. The second kappa shape index (κ2) is 5.80. The third-order valence-electron chi connectivity index (χ3n) is 3.69. The van der Waals surface area contributed by atoms with Gasteiger partial charge in [-0.3, -0.25) is 4.21 Å². The number of tetrazole rings is 1. The van der Waals surface area contributed by atoms with E-state index in [9.17, 15) is 4.21 Å². The van der Waals surface area contributed by atoms with Crippen molar-refractivity contribution in [2.75, 3.05) is 24.3 Å². The lowest BCUT2D eigenvalue weighted by Gasteiger charge is -2.22. The maximum Gasteiger partial charge on any atom is 0.182 e. The van der Waals surface area contributed by atoms with Gasteiger partial charge in [-0.15, -0.1) is 5.10 Å². The number of ether oxygens (including phenoxy) is 1. The van der Waals surface area contributed by atoms with E-state index >= 15 is 0 Å². The molecular formula is C13H17N5O2S. The number of benzene rings is 1. The van der Waals surface area contributed by atoms with E-state index < -0.39 is 10.8 Å². The van der Waals surface area contributed by atoms with Crippen molar-refractivity contribution in [3.05, 3.63) is 18.2 Å². The minimum atomic E-state index is -0.700. The fraction of sp³-hybridized carbons (Fsp3) is 0.462. The molecule has 1 aromatic carbocycles. The Morgan fingerprint density at radius 2 is 2.14 bits per heavy atom. The molecule has 7 nitrogen and oxygen atoms in total. The van der Waals surface area contributed by atoms with Crippen LogP contribution in [0.15, 0.2) is 18.2 Å². The summed E-state index contributed by atoms with van der Waals surface area (Å²) >= 11 is 0. The van der Waals surface area contributed by atoms with Gasteiger partial charge in [0, 0.05) is 27.9 Å². The van der Waals surface area contributed by atoms with Gasteiger partial charge in [-0.2, -0.15) is 0 Å². The molecule has 1 fully saturated rings. The Morgan fingerprint density at radius 1 is 1.38 bits per heavy atom. The molecule has 3 rings (SSSR count). The predicted molar refractivity (Wildman–Crippen MR) is 80.4 cm³/mol. The van der Waals surface area contributed by atoms with Crippen LogP contribution >= 0.6 is 0 Å². The van der Waals surface area contributed by atoms with Crippen LogP contribution in [0, 0.1) is 0 Å². The summed E-state index contributed by atoms with van der Waals surface area (Å²) in [5.41, 5.74) is 7.27. The van der Waals surface area contributed by atoms with Crippen molar-refractivity contribution in [1.29, 1.82) is 0 Å². The number of hydrogen-bond acceptors (Lipinski definition) is 6. The van der Waals surface area contributed by atoms with E-state index in [2.05, 4.69) is 15.5 Å². The minimum absolute atomic E-state index is 0.191. The normalized spacial score (nSPS) is 22.1. The fourth-order valence-electron chi connectivity index (χ4n) is 2.51. The van der Waals surface area contributed by atoms with Crippen molar-refractivity contribution in [2.45, 2.75) is 18.9 Å². The highest BCUT2D eigenvalue weighted by atomic mass is 32.2. The van der Waals surface area contributed by atoms with E-state index in [4.69, 9.17) is 10.5 Å². The molecule has 112 valence electrons. The molecule has 1 aliphatic heterocycles. The van der Waals surface area contributed by atoms with Crippen LogP contribution in [0.3, 0.4) is 0 Å². The van der Waals surface area contributed by atoms with Gasteiger partial charge in [0.25, 0.3) is 0 Å². The molecule has 0 amide bonds. The van der Waals surface area contributed by atoms with Crippen LogP contribution < -0.4 is 10.5 Å². The summed E-state index contributed by atoms with van der Waals surface area (Å²) in [4.78, 5) is 0. The first-order valence-corrected chi connectivity index (χ1v) is 8.24. The van der Waals surface area contributed by atoms with E-state index in [1.807, 2.05) is 16.8 Å². The first-order valence-electron chi connectivity index (χ1n) is 6.76. The van der Waals surface area contributed by atoms with Crippen molar-refractivity contribution in [3.8, 4) is 17.1 Å². The predicted octanol–water partition coefficient (Wildman–Crippen LogP) is 1.01. The van der Waals surface area contributed by atoms with Crippen molar-refractivity contribution >= 4 is 16.5 Å². The fourth-order valence-corrected chi connectivity index (χ4v) is 3.78. The lowest BCUT2D eigenvalue weighted by molar-refractivity contribution is 0.413. The number of nitrogens with zero attached hydrogens (tertiary/aromatic N) is 4. The second-order valence-corrected chi connectivity index (χ2v) is 6.68. The number of nitrogens with two attached hydrogens (primary N) is 1. The molecule has 0 unspecified atom stereocenters. The van der Waals surface area contributed by atoms with Crippen LogP contribution in [-0.4, -0.2) is 43.0 Å². The molecule has 1 saturated heterocycles. The van der Waals surface area contributed by atoms with Gasteiger partial charge in [0.1, 0.15) is 5.75 Å². The molecule has 2 N–H and O–H groups in total. The van der Waals surface area contributed by atoms with Gasteiger partial charge in [0.15, 0.2) is 5.82 Å². The smallest absolute Gasteiger partial charge is 0.182 e. The zero-order valence-corrected chi connectivity index (χ0v) is 12.5. The second-order valence-electron chi connectivity index (χ2n) is 4.98. The van der Waals surface area contributed by atoms with Gasteiger partial charge in [-0.05, 0) is 41.5 Å². The summed E-state index contributed by atoms with van der Waals surface area (Å²) in [5, 5.41) is 12.0. The zero-order valence-electron chi connectivity index (χ0n) is 11.7. The Labute approximate surface area is 124 Å². The first-order chi connectivity index (χ1) is 10.2. The molecule has 1 aromatic heterocycles. The average molecular weight is 307 g/mol. The summed E-state index contributed by atoms with van der Waals surface area (Å²) in [6.07, 6.45) is 1.66. The number of aromatic nitrogens is 4. The Morgan fingerprint density at radius 3 is 2.86 bits per heavy atom. The monoisotopic (exact) mass is 307 g/mol. The topological polar surface area (TPSA) is 95.9 Å². The quantitative estimate of drug-likeness (QED) is 0.850. The zero-order chi connectivity index (χ0) is 14.8. The van der Waals surface area contributed by atoms with E-state index in [1.165, 1.54) is 0 Å². The first kappa shape index (κ1) is 14.0. The molecule has 2 heterocycles. The van der Waals surface area contributed by atoms with Gasteiger partial charge in [0.05, 0.1) is 18.8 Å². The van der Waals surface area contributed by atoms with Crippen molar-refractivity contribution in [2.24, 2.45) is 0 Å². The lowest BCUT2D eigenvalue weighted by atomic mass is 10.1. The number of methoxy groups -OCH3 is 1. The molecule has 21 heavy (non-hydrogen) atoms. The summed E-state index contributed by atoms with van der Waals surface area (Å²) in [5.74, 6) is 2.70. The molecule has 0 radical (unpaired) electrons. The average Bonchev–Trinajstić information content (AvgIpc) is 2.98. The Kier molecular flexibility index (Phi) is 3.87. The molecule has 0 spiro atoms. The van der Waals surface area contributed by atoms with Gasteiger partial charge < -0.3 is 10.5 Å². The van der Waals surface area contributed by atoms with Crippen molar-refractivity contribution in [1.82, 2.24) is 20.2 Å². The summed E-state index contributed by atoms with van der Waals surface area (Å²) in [7, 11) is 0.878. The molecule has 8 heteroatoms. The third-order valence-corrected chi connectivity index (χ3v) is 5.07. The van der Waals surface area contributed by atoms with Crippen LogP contribution in [0.25, 0.3) is 11.4 Å². The van der Waals surface area contributed by atoms with E-state index in [0.717, 1.165) is 18.4 Å². The van der Waals surface area contributed by atoms with Gasteiger partial charge in [0.2, 0.25) is 0 Å². The number of anilines is 1. The van der Waals surface area contributed by atoms with Crippen molar-refractivity contribution < 1.29 is 8.95 Å². The molecule has 0 aliphatic carbocycles. The largest absolute Gasteiger partial charge is 0.495 e. The SMILES string of the molecule is COc1cc(-c2nnnn2C2CCS(=O)CC2)ccc1N. The van der Waals surface area contributed by atoms with E-state index in [1.54, 1.807) is 13.2 Å². The van der Waals surface area contributed by atoms with Crippen LogP contribution in [0.1, 0.15) is 18.9 Å². The summed E-state index contributed by atoms with van der Waals surface area (Å²) in [6.45, 7) is 0. The van der Waals surface area contributed by atoms with Crippen LogP contribution in [0.4, 0.5) is 5.69 Å². The molecular weight excluding hydrogens is 290 g/mol. The Bertz CT molecular complexity index is 662. The van der Waals surface area contributed by atoms with Gasteiger partial charge in [-0.25, -0.2) is 4.68 Å². The molecule has 0 atom stereocenters. The maximum atomic E-state index is 11.5. The van der Waals surface area contributed by atoms with Crippen LogP contribution in [0.5, 0.6) is 5.75 Å². The van der Waals surface area contributed by atoms with Crippen molar-refractivity contribution in [3.63, 3.8) is 0 Å². The summed E-state index contributed by atoms with van der Waals surface area (Å²) in [6, 6.07) is 5.68. The highest BCUT2D eigenvalue weighted by molar-refractivity contribution is 7.85. The summed E-state index contributed by atoms with van der Waals surface area (Å²) < 4.78 is 18.5. The minimum Gasteiger partial charge on any atom is -0.495 e. The third kappa shape index (κ3) is 2.76. The number of rotatable bonds is 3. The Balaban J connectivity index is 1.93. The van der Waals surface area contributed by atoms with Crippen LogP contribution in [0.2, 0.25) is 0 Å². The van der Waals surface area contributed by atoms with Gasteiger partial charge in [-0.1, -0.05) is 0 Å². The number of nitrogen functional groups attached to an aromatic ring is 1. The Hall–Kier alpha value is -1.96. The van der Waals surface area contributed by atoms with Crippen LogP contribution in [-0.2, 0) is 10.8 Å². The van der Waals surface area contributed by atoms with Gasteiger partial charge >= 0.3 is 0 Å². The lowest BCUT2D eigenvalue weighted by Crippen LogP contribution is -2.23. The standard InChI is InChI=1S/C13H17N5O2S/c1-20-12-8-9(2-3-11(12)14)13-15-16-17-18(13)10-4-6-21(19)7-5-10/h2-3,8,10H,4-7,14H2,1H3. The molecule has 0 bridgehead atoms. The molecule has 1 aliphatic rings.